The summed E-state index contributed by atoms with van der Waals surface area (Å²) in [6.45, 7) is 7.58. The first-order valence-electron chi connectivity index (χ1n) is 11.0. The van der Waals surface area contributed by atoms with Gasteiger partial charge in [-0.05, 0) is 0 Å². The van der Waals surface area contributed by atoms with Crippen LogP contribution in [-0.2, 0) is 4.43 Å². The van der Waals surface area contributed by atoms with E-state index < -0.39 is 8.32 Å². The van der Waals surface area contributed by atoms with E-state index in [0.717, 1.165) is 12.8 Å². The van der Waals surface area contributed by atoms with E-state index in [1.165, 1.54) is 16.4 Å². The zero-order valence-corrected chi connectivity index (χ0v) is 21.5. The van der Waals surface area contributed by atoms with Gasteiger partial charge in [0, 0.05) is 0 Å². The third-order valence-electron chi connectivity index (χ3n) is 6.15. The number of aromatic nitrogens is 2. The molecule has 2 heterocycles. The van der Waals surface area contributed by atoms with Gasteiger partial charge < -0.3 is 0 Å². The Balaban J connectivity index is 1.62. The molecule has 3 aromatic rings. The second kappa shape index (κ2) is 9.36. The van der Waals surface area contributed by atoms with Crippen molar-refractivity contribution >= 4 is 33.6 Å². The summed E-state index contributed by atoms with van der Waals surface area (Å²) in [5.41, 5.74) is -0.652. The van der Waals surface area contributed by atoms with Crippen molar-refractivity contribution in [3.8, 4) is 0 Å². The third kappa shape index (κ3) is 4.48. The molecular weight excluding hydrogens is 483 g/mol. The number of hydrogen-bond donors (Lipinski definition) is 1. The summed E-state index contributed by atoms with van der Waals surface area (Å²) in [7, 11) is -2.54. The first-order valence-corrected chi connectivity index (χ1v) is 14.9. The molecule has 0 aliphatic carbocycles. The fraction of sp³-hybridized carbons (Fsp3) is 0.360. The number of H-pyrrole nitrogens is 1. The minimum atomic E-state index is -2.54. The van der Waals surface area contributed by atoms with Crippen LogP contribution in [0.1, 0.15) is 38.6 Å². The van der Waals surface area contributed by atoms with Crippen molar-refractivity contribution in [2.45, 2.75) is 48.4 Å². The Labute approximate surface area is 196 Å². The molecule has 2 atom stereocenters. The Morgan fingerprint density at radius 1 is 0.969 bits per heavy atom. The zero-order valence-electron chi connectivity index (χ0n) is 18.8. The standard InChI is InChI=1S/C25H30N2O3SeSi/c1-25(2,3)32(20-10-6-4-7-11-20,21-12-8-5-9-13-21)30-18-19-14-15-23(31-19)27-17-16-22(28)26-24(27)29/h4-13,16-17,19,23H,14-15,18H2,1-3H3,(H,26,28,29)/t19-,23+/m1/s1. The van der Waals surface area contributed by atoms with Gasteiger partial charge in [0.2, 0.25) is 0 Å². The van der Waals surface area contributed by atoms with Crippen molar-refractivity contribution < 1.29 is 4.43 Å². The van der Waals surface area contributed by atoms with Gasteiger partial charge >= 0.3 is 196 Å². The minimum absolute atomic E-state index is 0.0451. The SMILES string of the molecule is CC(C)(C)[Si](OC[C@H]1CC[C@@H](n2ccc(=O)[nH]c2=O)[Se]1)(c1ccccc1)c1ccccc1. The Morgan fingerprint density at radius 3 is 2.09 bits per heavy atom. The predicted molar refractivity (Wildman–Crippen MR) is 133 cm³/mol. The Hall–Kier alpha value is -2.18. The molecule has 0 amide bonds. The van der Waals surface area contributed by atoms with Gasteiger partial charge in [-0.2, -0.15) is 0 Å². The van der Waals surface area contributed by atoms with Crippen molar-refractivity contribution in [3.05, 3.63) is 93.8 Å². The normalized spacial score (nSPS) is 19.2. The van der Waals surface area contributed by atoms with Crippen LogP contribution in [0, 0.1) is 0 Å². The maximum atomic E-state index is 12.2. The van der Waals surface area contributed by atoms with E-state index in [0.29, 0.717) is 11.4 Å². The van der Waals surface area contributed by atoms with Crippen LogP contribution in [0.2, 0.25) is 9.85 Å². The fourth-order valence-corrected chi connectivity index (χ4v) is 12.5. The average molecular weight is 514 g/mol. The summed E-state index contributed by atoms with van der Waals surface area (Å²) in [5, 5.41) is 2.53. The summed E-state index contributed by atoms with van der Waals surface area (Å²) >= 11 is 0.216. The van der Waals surface area contributed by atoms with E-state index in [-0.39, 0.29) is 36.2 Å². The molecule has 1 fully saturated rings. The number of benzene rings is 2. The molecule has 1 saturated heterocycles. The van der Waals surface area contributed by atoms with Crippen LogP contribution in [0.15, 0.2) is 82.5 Å². The van der Waals surface area contributed by atoms with Gasteiger partial charge in [0.25, 0.3) is 0 Å². The first-order chi connectivity index (χ1) is 15.3. The Bertz CT molecular complexity index is 1120. The van der Waals surface area contributed by atoms with Gasteiger partial charge in [-0.15, -0.1) is 0 Å². The van der Waals surface area contributed by atoms with Gasteiger partial charge in [-0.3, -0.25) is 0 Å². The molecule has 1 aliphatic heterocycles. The van der Waals surface area contributed by atoms with Crippen LogP contribution in [0.5, 0.6) is 0 Å². The van der Waals surface area contributed by atoms with Gasteiger partial charge in [0.15, 0.2) is 0 Å². The number of rotatable bonds is 6. The fourth-order valence-electron chi connectivity index (χ4n) is 4.65. The zero-order chi connectivity index (χ0) is 22.8. The summed E-state index contributed by atoms with van der Waals surface area (Å²) in [4.78, 5) is 26.7. The van der Waals surface area contributed by atoms with E-state index in [1.54, 1.807) is 10.8 Å². The molecule has 0 spiro atoms. The quantitative estimate of drug-likeness (QED) is 0.516. The topological polar surface area (TPSA) is 64.1 Å². The van der Waals surface area contributed by atoms with Crippen LogP contribution in [0.4, 0.5) is 0 Å². The first kappa shape index (κ1) is 23.0. The second-order valence-electron chi connectivity index (χ2n) is 9.28. The molecular formula is C25H30N2O3SeSi. The number of hydrogen-bond acceptors (Lipinski definition) is 3. The molecule has 0 saturated carbocycles. The van der Waals surface area contributed by atoms with Gasteiger partial charge in [-0.1, -0.05) is 0 Å². The molecule has 0 unspecified atom stereocenters. The maximum absolute atomic E-state index is 12.2. The van der Waals surface area contributed by atoms with E-state index in [2.05, 4.69) is 86.4 Å². The summed E-state index contributed by atoms with van der Waals surface area (Å²) in [5.74, 6) is 0. The third-order valence-corrected chi connectivity index (χ3v) is 14.4. The van der Waals surface area contributed by atoms with Crippen molar-refractivity contribution in [3.63, 3.8) is 0 Å². The van der Waals surface area contributed by atoms with Crippen LogP contribution in [0.3, 0.4) is 0 Å². The van der Waals surface area contributed by atoms with Gasteiger partial charge in [0.05, 0.1) is 0 Å². The molecule has 0 radical (unpaired) electrons. The van der Waals surface area contributed by atoms with Gasteiger partial charge in [-0.25, -0.2) is 0 Å². The van der Waals surface area contributed by atoms with Crippen LogP contribution in [0.25, 0.3) is 0 Å². The molecule has 1 aliphatic rings. The second-order valence-corrected chi connectivity index (χ2v) is 16.7. The van der Waals surface area contributed by atoms with Crippen LogP contribution >= 0.6 is 0 Å². The molecule has 0 bridgehead atoms. The van der Waals surface area contributed by atoms with Crippen molar-refractivity contribution in [1.29, 1.82) is 0 Å². The van der Waals surface area contributed by atoms with Crippen molar-refractivity contribution in [2.75, 3.05) is 6.61 Å². The van der Waals surface area contributed by atoms with E-state index in [4.69, 9.17) is 4.43 Å². The Morgan fingerprint density at radius 2 is 1.56 bits per heavy atom. The molecule has 32 heavy (non-hydrogen) atoms. The molecule has 4 rings (SSSR count). The summed E-state index contributed by atoms with van der Waals surface area (Å²) in [6, 6.07) is 22.8. The number of nitrogens with zero attached hydrogens (tertiary/aromatic N) is 1. The van der Waals surface area contributed by atoms with Crippen LogP contribution in [-0.4, -0.2) is 39.4 Å². The predicted octanol–water partition coefficient (Wildman–Crippen LogP) is 2.90. The van der Waals surface area contributed by atoms with E-state index in [1.807, 2.05) is 0 Å². The molecule has 7 heteroatoms. The van der Waals surface area contributed by atoms with E-state index in [9.17, 15) is 9.59 Å². The Kier molecular flexibility index (Phi) is 6.72. The van der Waals surface area contributed by atoms with Crippen molar-refractivity contribution in [1.82, 2.24) is 9.55 Å². The molecule has 2 aromatic carbocycles. The van der Waals surface area contributed by atoms with Gasteiger partial charge in [0.1, 0.15) is 0 Å². The van der Waals surface area contributed by atoms with Crippen molar-refractivity contribution in [2.24, 2.45) is 0 Å². The average Bonchev–Trinajstić information content (AvgIpc) is 3.23. The number of aromatic amines is 1. The van der Waals surface area contributed by atoms with Crippen LogP contribution < -0.4 is 21.6 Å². The molecule has 1 aromatic heterocycles. The number of nitrogens with one attached hydrogen (secondary N) is 1. The van der Waals surface area contributed by atoms with E-state index >= 15 is 0 Å². The summed E-state index contributed by atoms with van der Waals surface area (Å²) < 4.78 is 8.79. The molecule has 168 valence electrons. The molecule has 1 N–H and O–H groups in total. The molecule has 5 nitrogen and oxygen atoms in total. The summed E-state index contributed by atoms with van der Waals surface area (Å²) in [6.07, 6.45) is 3.62. The monoisotopic (exact) mass is 514 g/mol.